The Balaban J connectivity index is 1.40. The third-order valence-electron chi connectivity index (χ3n) is 4.32. The SMILES string of the molecule is O=C(NCc1nc2ccccc2s1)c1ccccc1OCC1CCCO1. The summed E-state index contributed by atoms with van der Waals surface area (Å²) < 4.78 is 12.5. The van der Waals surface area contributed by atoms with Crippen LogP contribution in [0.3, 0.4) is 0 Å². The highest BCUT2D eigenvalue weighted by atomic mass is 32.1. The molecule has 1 saturated heterocycles. The molecule has 0 spiro atoms. The number of hydrogen-bond acceptors (Lipinski definition) is 5. The molecule has 1 amide bonds. The molecule has 4 rings (SSSR count). The number of aromatic nitrogens is 1. The van der Waals surface area contributed by atoms with Crippen LogP contribution in [0.4, 0.5) is 0 Å². The van der Waals surface area contributed by atoms with Crippen LogP contribution in [-0.2, 0) is 11.3 Å². The van der Waals surface area contributed by atoms with Crippen LogP contribution in [0.2, 0.25) is 0 Å². The lowest BCUT2D eigenvalue weighted by Gasteiger charge is -2.14. The molecule has 0 saturated carbocycles. The number of ether oxygens (including phenoxy) is 2. The average Bonchev–Trinajstić information content (AvgIpc) is 3.33. The van der Waals surface area contributed by atoms with Gasteiger partial charge in [-0.25, -0.2) is 4.98 Å². The van der Waals surface area contributed by atoms with Gasteiger partial charge in [0.05, 0.1) is 28.4 Å². The second-order valence-corrected chi connectivity index (χ2v) is 7.32. The lowest BCUT2D eigenvalue weighted by atomic mass is 10.2. The maximum Gasteiger partial charge on any atom is 0.255 e. The Kier molecular flexibility index (Phi) is 5.13. The molecule has 1 unspecified atom stereocenters. The first kappa shape index (κ1) is 17.0. The van der Waals surface area contributed by atoms with Crippen molar-refractivity contribution < 1.29 is 14.3 Å². The summed E-state index contributed by atoms with van der Waals surface area (Å²) in [7, 11) is 0. The predicted octanol–water partition coefficient (Wildman–Crippen LogP) is 3.78. The number of carbonyl (C=O) groups excluding carboxylic acids is 1. The molecule has 1 aliphatic rings. The summed E-state index contributed by atoms with van der Waals surface area (Å²) in [5.74, 6) is 0.428. The monoisotopic (exact) mass is 368 g/mol. The van der Waals surface area contributed by atoms with Crippen molar-refractivity contribution in [3.8, 4) is 5.75 Å². The van der Waals surface area contributed by atoms with Gasteiger partial charge in [0.2, 0.25) is 0 Å². The van der Waals surface area contributed by atoms with Gasteiger partial charge in [-0.15, -0.1) is 11.3 Å². The normalized spacial score (nSPS) is 16.7. The van der Waals surface area contributed by atoms with Crippen LogP contribution >= 0.6 is 11.3 Å². The summed E-state index contributed by atoms with van der Waals surface area (Å²) in [6, 6.07) is 15.3. The van der Waals surface area contributed by atoms with E-state index in [0.717, 1.165) is 34.7 Å². The van der Waals surface area contributed by atoms with Crippen LogP contribution in [0.15, 0.2) is 48.5 Å². The maximum absolute atomic E-state index is 12.6. The van der Waals surface area contributed by atoms with E-state index in [9.17, 15) is 4.79 Å². The molecule has 1 atom stereocenters. The first-order valence-electron chi connectivity index (χ1n) is 8.76. The molecule has 26 heavy (non-hydrogen) atoms. The summed E-state index contributed by atoms with van der Waals surface area (Å²) in [5, 5.41) is 3.83. The predicted molar refractivity (Wildman–Crippen MR) is 102 cm³/mol. The number of nitrogens with zero attached hydrogens (tertiary/aromatic N) is 1. The van der Waals surface area contributed by atoms with Gasteiger partial charge < -0.3 is 14.8 Å². The molecule has 0 aliphatic carbocycles. The summed E-state index contributed by atoms with van der Waals surface area (Å²) in [6.07, 6.45) is 2.19. The standard InChI is InChI=1S/C20H20N2O3S/c23-20(21-12-19-22-16-8-2-4-10-18(16)26-19)15-7-1-3-9-17(15)25-13-14-6-5-11-24-14/h1-4,7-10,14H,5-6,11-13H2,(H,21,23). The molecule has 6 heteroatoms. The fraction of sp³-hybridized carbons (Fsp3) is 0.300. The fourth-order valence-electron chi connectivity index (χ4n) is 2.99. The number of rotatable bonds is 6. The number of nitrogens with one attached hydrogen (secondary N) is 1. The summed E-state index contributed by atoms with van der Waals surface area (Å²) in [4.78, 5) is 17.2. The van der Waals surface area contributed by atoms with E-state index in [2.05, 4.69) is 10.3 Å². The second-order valence-electron chi connectivity index (χ2n) is 6.20. The number of carbonyl (C=O) groups is 1. The summed E-state index contributed by atoms with van der Waals surface area (Å²) >= 11 is 1.59. The van der Waals surface area contributed by atoms with Gasteiger partial charge in [-0.05, 0) is 37.1 Å². The zero-order chi connectivity index (χ0) is 17.8. The molecule has 5 nitrogen and oxygen atoms in total. The van der Waals surface area contributed by atoms with Gasteiger partial charge in [0, 0.05) is 6.61 Å². The first-order chi connectivity index (χ1) is 12.8. The minimum absolute atomic E-state index is 0.119. The van der Waals surface area contributed by atoms with E-state index >= 15 is 0 Å². The zero-order valence-corrected chi connectivity index (χ0v) is 15.1. The summed E-state index contributed by atoms with van der Waals surface area (Å²) in [6.45, 7) is 1.67. The Hall–Kier alpha value is -2.44. The van der Waals surface area contributed by atoms with Crippen molar-refractivity contribution in [2.24, 2.45) is 0 Å². The molecule has 0 bridgehead atoms. The van der Waals surface area contributed by atoms with Crippen molar-refractivity contribution in [2.75, 3.05) is 13.2 Å². The third kappa shape index (κ3) is 3.86. The maximum atomic E-state index is 12.6. The molecule has 1 fully saturated rings. The van der Waals surface area contributed by atoms with Gasteiger partial charge in [-0.2, -0.15) is 0 Å². The molecule has 1 aliphatic heterocycles. The van der Waals surface area contributed by atoms with Crippen LogP contribution in [0.5, 0.6) is 5.75 Å². The minimum atomic E-state index is -0.160. The number of para-hydroxylation sites is 2. The Labute approximate surface area is 156 Å². The van der Waals surface area contributed by atoms with E-state index in [1.54, 1.807) is 17.4 Å². The number of amides is 1. The quantitative estimate of drug-likeness (QED) is 0.719. The molecule has 134 valence electrons. The van der Waals surface area contributed by atoms with Crippen LogP contribution in [0.1, 0.15) is 28.2 Å². The van der Waals surface area contributed by atoms with Crippen molar-refractivity contribution in [1.82, 2.24) is 10.3 Å². The van der Waals surface area contributed by atoms with Gasteiger partial charge >= 0.3 is 0 Å². The molecule has 1 N–H and O–H groups in total. The van der Waals surface area contributed by atoms with Gasteiger partial charge in [0.1, 0.15) is 17.4 Å². The second kappa shape index (κ2) is 7.85. The zero-order valence-electron chi connectivity index (χ0n) is 14.3. The average molecular weight is 368 g/mol. The molecule has 1 aromatic heterocycles. The van der Waals surface area contributed by atoms with E-state index in [1.165, 1.54) is 0 Å². The lowest BCUT2D eigenvalue weighted by Crippen LogP contribution is -2.24. The smallest absolute Gasteiger partial charge is 0.255 e. The van der Waals surface area contributed by atoms with Crippen molar-refractivity contribution in [2.45, 2.75) is 25.5 Å². The van der Waals surface area contributed by atoms with Gasteiger partial charge in [0.25, 0.3) is 5.91 Å². The number of fused-ring (bicyclic) bond motifs is 1. The Morgan fingerprint density at radius 2 is 2.08 bits per heavy atom. The van der Waals surface area contributed by atoms with E-state index < -0.39 is 0 Å². The highest BCUT2D eigenvalue weighted by molar-refractivity contribution is 7.18. The van der Waals surface area contributed by atoms with Gasteiger partial charge in [-0.1, -0.05) is 24.3 Å². The molecular formula is C20H20N2O3S. The van der Waals surface area contributed by atoms with Crippen molar-refractivity contribution in [1.29, 1.82) is 0 Å². The van der Waals surface area contributed by atoms with E-state index in [0.29, 0.717) is 24.5 Å². The van der Waals surface area contributed by atoms with Crippen LogP contribution in [0.25, 0.3) is 10.2 Å². The highest BCUT2D eigenvalue weighted by Gasteiger charge is 2.18. The summed E-state index contributed by atoms with van der Waals surface area (Å²) in [5.41, 5.74) is 1.49. The highest BCUT2D eigenvalue weighted by Crippen LogP contribution is 2.23. The van der Waals surface area contributed by atoms with Crippen molar-refractivity contribution >= 4 is 27.5 Å². The first-order valence-corrected chi connectivity index (χ1v) is 9.57. The van der Waals surface area contributed by atoms with Crippen LogP contribution in [-0.4, -0.2) is 30.2 Å². The third-order valence-corrected chi connectivity index (χ3v) is 5.36. The Bertz CT molecular complexity index is 870. The van der Waals surface area contributed by atoms with E-state index in [1.807, 2.05) is 42.5 Å². The van der Waals surface area contributed by atoms with Gasteiger partial charge in [-0.3, -0.25) is 4.79 Å². The Morgan fingerprint density at radius 3 is 2.92 bits per heavy atom. The molecule has 2 heterocycles. The van der Waals surface area contributed by atoms with Crippen LogP contribution in [0, 0.1) is 0 Å². The topological polar surface area (TPSA) is 60.5 Å². The number of thiazole rings is 1. The molecule has 3 aromatic rings. The molecular weight excluding hydrogens is 348 g/mol. The molecule has 2 aromatic carbocycles. The van der Waals surface area contributed by atoms with E-state index in [-0.39, 0.29) is 12.0 Å². The minimum Gasteiger partial charge on any atom is -0.490 e. The van der Waals surface area contributed by atoms with E-state index in [4.69, 9.17) is 9.47 Å². The van der Waals surface area contributed by atoms with Gasteiger partial charge in [0.15, 0.2) is 0 Å². The van der Waals surface area contributed by atoms with Crippen molar-refractivity contribution in [3.63, 3.8) is 0 Å². The largest absolute Gasteiger partial charge is 0.490 e. The number of hydrogen-bond donors (Lipinski definition) is 1. The Morgan fingerprint density at radius 1 is 1.23 bits per heavy atom. The van der Waals surface area contributed by atoms with Crippen molar-refractivity contribution in [3.05, 3.63) is 59.1 Å². The lowest BCUT2D eigenvalue weighted by molar-refractivity contribution is 0.0670. The number of benzene rings is 2. The molecule has 0 radical (unpaired) electrons. The van der Waals surface area contributed by atoms with Crippen LogP contribution < -0.4 is 10.1 Å². The fourth-order valence-corrected chi connectivity index (χ4v) is 3.89.